The molecule has 0 spiro atoms. The number of nitrogens with one attached hydrogen (secondary N) is 1. The molecule has 0 radical (unpaired) electrons. The Labute approximate surface area is 113 Å². The molecule has 1 aromatic carbocycles. The number of hydrogen-bond donors (Lipinski definition) is 2. The summed E-state index contributed by atoms with van der Waals surface area (Å²) in [5.41, 5.74) is 6.54. The minimum atomic E-state index is -0.248. The lowest BCUT2D eigenvalue weighted by Gasteiger charge is -2.09. The largest absolute Gasteiger partial charge is 0.497 e. The van der Waals surface area contributed by atoms with E-state index in [1.807, 2.05) is 12.1 Å². The maximum atomic E-state index is 11.0. The van der Waals surface area contributed by atoms with E-state index in [4.69, 9.17) is 10.5 Å². The number of benzene rings is 1. The Morgan fingerprint density at radius 1 is 1.44 bits per heavy atom. The number of ether oxygens (including phenoxy) is 1. The van der Waals surface area contributed by atoms with Crippen LogP contribution < -0.4 is 15.8 Å². The van der Waals surface area contributed by atoms with Crippen LogP contribution in [0.2, 0.25) is 0 Å². The summed E-state index contributed by atoms with van der Waals surface area (Å²) in [6.07, 6.45) is 1.81. The summed E-state index contributed by atoms with van der Waals surface area (Å²) in [7, 11) is 1.66. The molecule has 1 fully saturated rings. The Morgan fingerprint density at radius 3 is 2.61 bits per heavy atom. The van der Waals surface area contributed by atoms with Crippen molar-refractivity contribution in [2.45, 2.75) is 18.9 Å². The summed E-state index contributed by atoms with van der Waals surface area (Å²) in [6.45, 7) is 0.861. The highest BCUT2D eigenvalue weighted by Crippen LogP contribution is 2.20. The highest BCUT2D eigenvalue weighted by Gasteiger charge is 2.27. The first-order valence-electron chi connectivity index (χ1n) is 5.84. The molecule has 4 nitrogen and oxygen atoms in total. The lowest BCUT2D eigenvalue weighted by Crippen LogP contribution is -2.36. The number of carbonyl (C=O) groups excluding carboxylic acids is 1. The van der Waals surface area contributed by atoms with Crippen LogP contribution in [0, 0.1) is 5.92 Å². The highest BCUT2D eigenvalue weighted by atomic mass is 35.5. The second-order valence-electron chi connectivity index (χ2n) is 4.52. The first-order chi connectivity index (χ1) is 8.19. The molecule has 0 aliphatic carbocycles. The number of hydrogen-bond acceptors (Lipinski definition) is 3. The molecule has 0 bridgehead atoms. The molecule has 0 saturated carbocycles. The van der Waals surface area contributed by atoms with Crippen molar-refractivity contribution < 1.29 is 9.53 Å². The van der Waals surface area contributed by atoms with E-state index in [1.165, 1.54) is 5.56 Å². The van der Waals surface area contributed by atoms with Crippen molar-refractivity contribution in [1.29, 1.82) is 0 Å². The van der Waals surface area contributed by atoms with Gasteiger partial charge in [-0.1, -0.05) is 12.1 Å². The summed E-state index contributed by atoms with van der Waals surface area (Å²) < 4.78 is 5.11. The molecule has 18 heavy (non-hydrogen) atoms. The van der Waals surface area contributed by atoms with Gasteiger partial charge in [-0.05, 0) is 43.0 Å². The third kappa shape index (κ3) is 3.62. The zero-order valence-electron chi connectivity index (χ0n) is 10.4. The number of methoxy groups -OCH3 is 1. The monoisotopic (exact) mass is 270 g/mol. The van der Waals surface area contributed by atoms with Gasteiger partial charge in [-0.3, -0.25) is 4.79 Å². The van der Waals surface area contributed by atoms with Crippen LogP contribution in [0.3, 0.4) is 0 Å². The Bertz CT molecular complexity index is 394. The van der Waals surface area contributed by atoms with Gasteiger partial charge in [0, 0.05) is 0 Å². The predicted molar refractivity (Wildman–Crippen MR) is 73.0 cm³/mol. The molecule has 1 amide bonds. The molecule has 2 atom stereocenters. The molecule has 1 aliphatic heterocycles. The summed E-state index contributed by atoms with van der Waals surface area (Å²) in [5.74, 6) is 1.11. The van der Waals surface area contributed by atoms with Crippen molar-refractivity contribution >= 4 is 18.3 Å². The Hall–Kier alpha value is -1.26. The average Bonchev–Trinajstić information content (AvgIpc) is 2.79. The van der Waals surface area contributed by atoms with Gasteiger partial charge in [0.1, 0.15) is 5.75 Å². The van der Waals surface area contributed by atoms with Crippen molar-refractivity contribution in [2.75, 3.05) is 13.7 Å². The fraction of sp³-hybridized carbons (Fsp3) is 0.462. The van der Waals surface area contributed by atoms with Crippen molar-refractivity contribution in [3.63, 3.8) is 0 Å². The van der Waals surface area contributed by atoms with E-state index in [9.17, 15) is 4.79 Å². The van der Waals surface area contributed by atoms with E-state index in [0.29, 0.717) is 5.92 Å². The second-order valence-corrected chi connectivity index (χ2v) is 4.52. The van der Waals surface area contributed by atoms with Gasteiger partial charge in [-0.25, -0.2) is 0 Å². The number of nitrogens with two attached hydrogens (primary N) is 1. The number of halogens is 1. The van der Waals surface area contributed by atoms with Crippen molar-refractivity contribution in [3.8, 4) is 5.75 Å². The Morgan fingerprint density at radius 2 is 2.11 bits per heavy atom. The molecule has 5 heteroatoms. The molecule has 1 aromatic rings. The minimum absolute atomic E-state index is 0. The lowest BCUT2D eigenvalue weighted by atomic mass is 9.96. The molecule has 1 aliphatic rings. The van der Waals surface area contributed by atoms with E-state index in [1.54, 1.807) is 7.11 Å². The van der Waals surface area contributed by atoms with Crippen LogP contribution in [0.4, 0.5) is 0 Å². The standard InChI is InChI=1S/C13H18N2O2.ClH/c1-17-11-4-2-9(3-5-11)6-10-7-12(13(14)16)15-8-10;/h2-5,10,12,15H,6-8H2,1H3,(H2,14,16);1H/t10-,12-;/m0./s1. The van der Waals surface area contributed by atoms with E-state index < -0.39 is 0 Å². The number of amides is 1. The minimum Gasteiger partial charge on any atom is -0.497 e. The molecule has 0 aromatic heterocycles. The lowest BCUT2D eigenvalue weighted by molar-refractivity contribution is -0.119. The maximum Gasteiger partial charge on any atom is 0.234 e. The third-order valence-corrected chi connectivity index (χ3v) is 3.25. The van der Waals surface area contributed by atoms with Crippen LogP contribution in [-0.4, -0.2) is 25.6 Å². The Kier molecular flexibility index (Phi) is 5.44. The fourth-order valence-electron chi connectivity index (χ4n) is 2.28. The topological polar surface area (TPSA) is 64.3 Å². The van der Waals surface area contributed by atoms with E-state index in [2.05, 4.69) is 17.4 Å². The molecule has 1 saturated heterocycles. The van der Waals surface area contributed by atoms with Crippen LogP contribution in [0.1, 0.15) is 12.0 Å². The zero-order chi connectivity index (χ0) is 12.3. The average molecular weight is 271 g/mol. The van der Waals surface area contributed by atoms with Gasteiger partial charge in [0.05, 0.1) is 13.2 Å². The van der Waals surface area contributed by atoms with Gasteiger partial charge in [-0.2, -0.15) is 0 Å². The fourth-order valence-corrected chi connectivity index (χ4v) is 2.28. The molecule has 2 rings (SSSR count). The molecule has 0 unspecified atom stereocenters. The Balaban J connectivity index is 0.00000162. The van der Waals surface area contributed by atoms with Crippen LogP contribution >= 0.6 is 12.4 Å². The molecule has 100 valence electrons. The van der Waals surface area contributed by atoms with Crippen LogP contribution in [0.25, 0.3) is 0 Å². The second kappa shape index (κ2) is 6.61. The first kappa shape index (κ1) is 14.8. The quantitative estimate of drug-likeness (QED) is 0.862. The maximum absolute atomic E-state index is 11.0. The van der Waals surface area contributed by atoms with Gasteiger partial charge in [0.2, 0.25) is 5.91 Å². The number of primary amides is 1. The third-order valence-electron chi connectivity index (χ3n) is 3.25. The molecular weight excluding hydrogens is 252 g/mol. The van der Waals surface area contributed by atoms with Crippen LogP contribution in [0.5, 0.6) is 5.75 Å². The molecule has 1 heterocycles. The number of rotatable bonds is 4. The number of carbonyl (C=O) groups is 1. The van der Waals surface area contributed by atoms with Crippen LogP contribution in [-0.2, 0) is 11.2 Å². The van der Waals surface area contributed by atoms with Gasteiger partial charge < -0.3 is 15.8 Å². The van der Waals surface area contributed by atoms with Crippen molar-refractivity contribution in [2.24, 2.45) is 11.7 Å². The van der Waals surface area contributed by atoms with E-state index in [-0.39, 0.29) is 24.4 Å². The van der Waals surface area contributed by atoms with Gasteiger partial charge in [-0.15, -0.1) is 12.4 Å². The molecular formula is C13H19ClN2O2. The smallest absolute Gasteiger partial charge is 0.234 e. The van der Waals surface area contributed by atoms with Crippen molar-refractivity contribution in [3.05, 3.63) is 29.8 Å². The predicted octanol–water partition coefficient (Wildman–Crippen LogP) is 1.12. The van der Waals surface area contributed by atoms with Crippen LogP contribution in [0.15, 0.2) is 24.3 Å². The summed E-state index contributed by atoms with van der Waals surface area (Å²) >= 11 is 0. The summed E-state index contributed by atoms with van der Waals surface area (Å²) in [4.78, 5) is 11.0. The van der Waals surface area contributed by atoms with Gasteiger partial charge in [0.15, 0.2) is 0 Å². The zero-order valence-corrected chi connectivity index (χ0v) is 11.2. The summed E-state index contributed by atoms with van der Waals surface area (Å²) in [5, 5.41) is 3.15. The summed E-state index contributed by atoms with van der Waals surface area (Å²) in [6, 6.07) is 7.90. The van der Waals surface area contributed by atoms with E-state index in [0.717, 1.165) is 25.1 Å². The molecule has 3 N–H and O–H groups in total. The SMILES string of the molecule is COc1ccc(C[C@@H]2CN[C@H](C(N)=O)C2)cc1.Cl. The van der Waals surface area contributed by atoms with Gasteiger partial charge >= 0.3 is 0 Å². The first-order valence-corrected chi connectivity index (χ1v) is 5.84. The van der Waals surface area contributed by atoms with Crippen molar-refractivity contribution in [1.82, 2.24) is 5.32 Å². The van der Waals surface area contributed by atoms with E-state index >= 15 is 0 Å². The normalized spacial score (nSPS) is 22.3. The van der Waals surface area contributed by atoms with Gasteiger partial charge in [0.25, 0.3) is 0 Å². The highest BCUT2D eigenvalue weighted by molar-refractivity contribution is 5.85.